The van der Waals surface area contributed by atoms with Gasteiger partial charge in [0.25, 0.3) is 0 Å². The molecular formula is C11H16N2O2S. The largest absolute Gasteiger partial charge is 0.481 e. The second-order valence-corrected chi connectivity index (χ2v) is 5.26. The Morgan fingerprint density at radius 1 is 1.69 bits per heavy atom. The molecule has 88 valence electrons. The van der Waals surface area contributed by atoms with Crippen molar-refractivity contribution in [2.75, 3.05) is 5.75 Å². The van der Waals surface area contributed by atoms with Crippen LogP contribution in [0.5, 0.6) is 0 Å². The Morgan fingerprint density at radius 3 is 3.06 bits per heavy atom. The predicted octanol–water partition coefficient (Wildman–Crippen LogP) is 2.01. The molecule has 1 N–H and O–H groups in total. The summed E-state index contributed by atoms with van der Waals surface area (Å²) in [4.78, 5) is 10.3. The van der Waals surface area contributed by atoms with Crippen molar-refractivity contribution < 1.29 is 9.90 Å². The van der Waals surface area contributed by atoms with Gasteiger partial charge in [-0.3, -0.25) is 9.48 Å². The standard InChI is InChI=1S/C11H16N2O2S/c1-13-9(7-16-5-4-11(14)15)6-10(12-13)8-2-3-8/h6,8H,2-5,7H2,1H3,(H,14,15). The van der Waals surface area contributed by atoms with E-state index >= 15 is 0 Å². The molecule has 1 aromatic heterocycles. The lowest BCUT2D eigenvalue weighted by atomic mass is 10.3. The van der Waals surface area contributed by atoms with E-state index in [1.165, 1.54) is 24.2 Å². The van der Waals surface area contributed by atoms with Crippen LogP contribution in [0.3, 0.4) is 0 Å². The lowest BCUT2D eigenvalue weighted by Crippen LogP contribution is -1.99. The molecule has 1 aliphatic carbocycles. The predicted molar refractivity (Wildman–Crippen MR) is 63.6 cm³/mol. The van der Waals surface area contributed by atoms with E-state index in [-0.39, 0.29) is 6.42 Å². The highest BCUT2D eigenvalue weighted by Crippen LogP contribution is 2.39. The SMILES string of the molecule is Cn1nc(C2CC2)cc1CSCCC(=O)O. The number of carboxylic acid groups (broad SMARTS) is 1. The molecule has 1 fully saturated rings. The Balaban J connectivity index is 1.81. The zero-order valence-electron chi connectivity index (χ0n) is 9.35. The Bertz CT molecular complexity index is 385. The van der Waals surface area contributed by atoms with Crippen LogP contribution in [-0.2, 0) is 17.6 Å². The van der Waals surface area contributed by atoms with E-state index < -0.39 is 5.97 Å². The van der Waals surface area contributed by atoms with Gasteiger partial charge in [0.2, 0.25) is 0 Å². The van der Waals surface area contributed by atoms with Crippen molar-refractivity contribution in [3.63, 3.8) is 0 Å². The van der Waals surface area contributed by atoms with Gasteiger partial charge in [-0.25, -0.2) is 0 Å². The maximum atomic E-state index is 10.3. The quantitative estimate of drug-likeness (QED) is 0.773. The molecule has 0 aliphatic heterocycles. The van der Waals surface area contributed by atoms with E-state index in [0.717, 1.165) is 5.75 Å². The number of hydrogen-bond acceptors (Lipinski definition) is 3. The molecule has 1 saturated carbocycles. The summed E-state index contributed by atoms with van der Waals surface area (Å²) in [5.74, 6) is 1.48. The summed E-state index contributed by atoms with van der Waals surface area (Å²) in [6.07, 6.45) is 2.77. The van der Waals surface area contributed by atoms with Crippen LogP contribution in [0.2, 0.25) is 0 Å². The van der Waals surface area contributed by atoms with Gasteiger partial charge in [0.15, 0.2) is 0 Å². The molecule has 0 saturated heterocycles. The average molecular weight is 240 g/mol. The number of hydrogen-bond donors (Lipinski definition) is 1. The molecule has 4 nitrogen and oxygen atoms in total. The summed E-state index contributed by atoms with van der Waals surface area (Å²) in [6, 6.07) is 2.16. The van der Waals surface area contributed by atoms with Crippen LogP contribution >= 0.6 is 11.8 Å². The van der Waals surface area contributed by atoms with Gasteiger partial charge in [-0.1, -0.05) is 0 Å². The third-order valence-electron chi connectivity index (χ3n) is 2.70. The van der Waals surface area contributed by atoms with E-state index in [1.807, 2.05) is 11.7 Å². The number of nitrogens with zero attached hydrogens (tertiary/aromatic N) is 2. The zero-order valence-corrected chi connectivity index (χ0v) is 10.2. The first kappa shape index (κ1) is 11.5. The highest BCUT2D eigenvalue weighted by molar-refractivity contribution is 7.98. The average Bonchev–Trinajstić information content (AvgIpc) is 2.99. The minimum absolute atomic E-state index is 0.234. The van der Waals surface area contributed by atoms with Crippen molar-refractivity contribution in [2.45, 2.75) is 30.9 Å². The maximum Gasteiger partial charge on any atom is 0.304 e. The van der Waals surface area contributed by atoms with Crippen LogP contribution in [0.1, 0.15) is 36.6 Å². The van der Waals surface area contributed by atoms with Gasteiger partial charge in [-0.15, -0.1) is 0 Å². The molecule has 5 heteroatoms. The second kappa shape index (κ2) is 4.91. The van der Waals surface area contributed by atoms with Crippen LogP contribution in [0, 0.1) is 0 Å². The number of aromatic nitrogens is 2. The monoisotopic (exact) mass is 240 g/mol. The summed E-state index contributed by atoms with van der Waals surface area (Å²) in [5, 5.41) is 13.0. The van der Waals surface area contributed by atoms with Gasteiger partial charge in [0.05, 0.1) is 12.1 Å². The summed E-state index contributed by atoms with van der Waals surface area (Å²) in [7, 11) is 1.96. The molecule has 0 bridgehead atoms. The van der Waals surface area contributed by atoms with Crippen molar-refractivity contribution in [1.82, 2.24) is 9.78 Å². The Kier molecular flexibility index (Phi) is 3.53. The van der Waals surface area contributed by atoms with Gasteiger partial charge in [0, 0.05) is 30.2 Å². The first-order chi connectivity index (χ1) is 7.66. The van der Waals surface area contributed by atoms with Crippen molar-refractivity contribution in [3.05, 3.63) is 17.5 Å². The van der Waals surface area contributed by atoms with Gasteiger partial charge in [-0.2, -0.15) is 16.9 Å². The molecule has 1 aromatic rings. The van der Waals surface area contributed by atoms with Crippen molar-refractivity contribution >= 4 is 17.7 Å². The van der Waals surface area contributed by atoms with Crippen LogP contribution in [0.25, 0.3) is 0 Å². The number of aryl methyl sites for hydroxylation is 1. The molecule has 1 heterocycles. The molecule has 1 aliphatic rings. The van der Waals surface area contributed by atoms with E-state index in [4.69, 9.17) is 5.11 Å². The Hall–Kier alpha value is -0.970. The topological polar surface area (TPSA) is 55.1 Å². The number of carboxylic acids is 1. The van der Waals surface area contributed by atoms with E-state index in [1.54, 1.807) is 11.8 Å². The van der Waals surface area contributed by atoms with Crippen LogP contribution in [0.4, 0.5) is 0 Å². The number of thioether (sulfide) groups is 1. The molecule has 0 spiro atoms. The van der Waals surface area contributed by atoms with Crippen molar-refractivity contribution in [3.8, 4) is 0 Å². The number of rotatable bonds is 6. The first-order valence-electron chi connectivity index (χ1n) is 5.49. The first-order valence-corrected chi connectivity index (χ1v) is 6.64. The molecule has 0 radical (unpaired) electrons. The summed E-state index contributed by atoms with van der Waals surface area (Å²) in [5.41, 5.74) is 2.40. The summed E-state index contributed by atoms with van der Waals surface area (Å²) < 4.78 is 1.92. The summed E-state index contributed by atoms with van der Waals surface area (Å²) in [6.45, 7) is 0. The smallest absolute Gasteiger partial charge is 0.304 e. The fourth-order valence-electron chi connectivity index (χ4n) is 1.58. The Morgan fingerprint density at radius 2 is 2.44 bits per heavy atom. The third-order valence-corrected chi connectivity index (χ3v) is 3.69. The minimum atomic E-state index is -0.726. The maximum absolute atomic E-state index is 10.3. The van der Waals surface area contributed by atoms with Gasteiger partial charge >= 0.3 is 5.97 Å². The lowest BCUT2D eigenvalue weighted by Gasteiger charge is -2.00. The second-order valence-electron chi connectivity index (χ2n) is 4.15. The highest BCUT2D eigenvalue weighted by atomic mass is 32.2. The van der Waals surface area contributed by atoms with E-state index in [2.05, 4.69) is 11.2 Å². The molecule has 16 heavy (non-hydrogen) atoms. The molecule has 2 rings (SSSR count). The molecular weight excluding hydrogens is 224 g/mol. The van der Waals surface area contributed by atoms with Gasteiger partial charge < -0.3 is 5.11 Å². The lowest BCUT2D eigenvalue weighted by molar-refractivity contribution is -0.136. The fourth-order valence-corrected chi connectivity index (χ4v) is 2.52. The van der Waals surface area contributed by atoms with E-state index in [0.29, 0.717) is 11.7 Å². The zero-order chi connectivity index (χ0) is 11.5. The minimum Gasteiger partial charge on any atom is -0.481 e. The molecule has 0 unspecified atom stereocenters. The van der Waals surface area contributed by atoms with Crippen molar-refractivity contribution in [2.24, 2.45) is 7.05 Å². The fraction of sp³-hybridized carbons (Fsp3) is 0.636. The van der Waals surface area contributed by atoms with E-state index in [9.17, 15) is 4.79 Å². The normalized spacial score (nSPS) is 15.3. The molecule has 0 aromatic carbocycles. The van der Waals surface area contributed by atoms with Gasteiger partial charge in [-0.05, 0) is 18.9 Å². The summed E-state index contributed by atoms with van der Waals surface area (Å²) >= 11 is 1.65. The molecule has 0 atom stereocenters. The van der Waals surface area contributed by atoms with Gasteiger partial charge in [0.1, 0.15) is 0 Å². The molecule has 0 amide bonds. The third kappa shape index (κ3) is 3.01. The van der Waals surface area contributed by atoms with Crippen LogP contribution < -0.4 is 0 Å². The number of aliphatic carboxylic acids is 1. The van der Waals surface area contributed by atoms with Crippen molar-refractivity contribution in [1.29, 1.82) is 0 Å². The van der Waals surface area contributed by atoms with Crippen LogP contribution in [-0.4, -0.2) is 26.6 Å². The highest BCUT2D eigenvalue weighted by Gasteiger charge is 2.26. The Labute approximate surface area is 99.0 Å². The van der Waals surface area contributed by atoms with Crippen LogP contribution in [0.15, 0.2) is 6.07 Å². The number of carbonyl (C=O) groups is 1.